The van der Waals surface area contributed by atoms with Crippen molar-refractivity contribution in [2.24, 2.45) is 0 Å². The van der Waals surface area contributed by atoms with Crippen LogP contribution in [0.3, 0.4) is 0 Å². The number of nitrogens with zero attached hydrogens (tertiary/aromatic N) is 1. The van der Waals surface area contributed by atoms with Crippen LogP contribution in [0.1, 0.15) is 38.2 Å². The topological polar surface area (TPSA) is 91.7 Å². The van der Waals surface area contributed by atoms with Gasteiger partial charge in [0.15, 0.2) is 5.76 Å². The van der Waals surface area contributed by atoms with Crippen molar-refractivity contribution in [3.8, 4) is 0 Å². The number of halogens is 1. The minimum Gasteiger partial charge on any atom is -0.438 e. The number of carbonyl (C=O) groups excluding carboxylic acids is 1. The third-order valence-electron chi connectivity index (χ3n) is 3.26. The van der Waals surface area contributed by atoms with Gasteiger partial charge in [0.1, 0.15) is 0 Å². The van der Waals surface area contributed by atoms with E-state index in [9.17, 15) is 13.2 Å². The molecule has 0 radical (unpaired) electrons. The Kier molecular flexibility index (Phi) is 6.25. The lowest BCUT2D eigenvalue weighted by Crippen LogP contribution is -2.52. The van der Waals surface area contributed by atoms with Gasteiger partial charge in [-0.2, -0.15) is 0 Å². The van der Waals surface area contributed by atoms with Gasteiger partial charge in [0, 0.05) is 31.2 Å². The third-order valence-corrected chi connectivity index (χ3v) is 4.89. The molecule has 1 aliphatic heterocycles. The summed E-state index contributed by atoms with van der Waals surface area (Å²) < 4.78 is 32.2. The fourth-order valence-electron chi connectivity index (χ4n) is 2.32. The minimum absolute atomic E-state index is 0. The van der Waals surface area contributed by atoms with Crippen molar-refractivity contribution >= 4 is 28.3 Å². The van der Waals surface area contributed by atoms with Crippen LogP contribution < -0.4 is 10.0 Å². The van der Waals surface area contributed by atoms with Gasteiger partial charge in [-0.1, -0.05) is 0 Å². The molecule has 1 amide bonds. The van der Waals surface area contributed by atoms with Gasteiger partial charge < -0.3 is 14.6 Å². The molecule has 0 aromatic carbocycles. The van der Waals surface area contributed by atoms with E-state index in [1.807, 2.05) is 6.92 Å². The van der Waals surface area contributed by atoms with Crippen molar-refractivity contribution in [2.75, 3.05) is 19.6 Å². The average molecular weight is 366 g/mol. The predicted octanol–water partition coefficient (Wildman–Crippen LogP) is 1.21. The number of sulfonamides is 1. The largest absolute Gasteiger partial charge is 0.438 e. The van der Waals surface area contributed by atoms with E-state index < -0.39 is 15.6 Å². The van der Waals surface area contributed by atoms with Crippen LogP contribution in [0, 0.1) is 0 Å². The van der Waals surface area contributed by atoms with E-state index in [-0.39, 0.29) is 35.2 Å². The molecule has 0 saturated carbocycles. The zero-order chi connectivity index (χ0) is 16.5. The zero-order valence-corrected chi connectivity index (χ0v) is 15.4. The Morgan fingerprint density at radius 3 is 2.61 bits per heavy atom. The molecule has 7 nitrogen and oxygen atoms in total. The summed E-state index contributed by atoms with van der Waals surface area (Å²) in [6.07, 6.45) is 0. The Hall–Kier alpha value is -1.09. The number of piperazine rings is 1. The molecule has 1 aromatic heterocycles. The summed E-state index contributed by atoms with van der Waals surface area (Å²) >= 11 is 0. The second-order valence-corrected chi connectivity index (χ2v) is 8.14. The number of furan rings is 1. The lowest BCUT2D eigenvalue weighted by atomic mass is 10.1. The van der Waals surface area contributed by atoms with Gasteiger partial charge in [-0.15, -0.1) is 12.4 Å². The van der Waals surface area contributed by atoms with Crippen molar-refractivity contribution < 1.29 is 17.6 Å². The molecule has 9 heteroatoms. The van der Waals surface area contributed by atoms with Crippen LogP contribution in [-0.2, 0) is 10.0 Å². The summed E-state index contributed by atoms with van der Waals surface area (Å²) in [5, 5.41) is 2.95. The SMILES string of the molecule is C[C@@H]1CNCCN1C(=O)c1ccc(S(=O)(=O)NC(C)(C)C)o1.Cl. The highest BCUT2D eigenvalue weighted by Crippen LogP contribution is 2.19. The van der Waals surface area contributed by atoms with E-state index in [4.69, 9.17) is 4.42 Å². The fourth-order valence-corrected chi connectivity index (χ4v) is 3.67. The highest BCUT2D eigenvalue weighted by atomic mass is 35.5. The number of hydrogen-bond donors (Lipinski definition) is 2. The monoisotopic (exact) mass is 365 g/mol. The van der Waals surface area contributed by atoms with Crippen LogP contribution in [0.15, 0.2) is 21.6 Å². The molecule has 1 saturated heterocycles. The first-order valence-electron chi connectivity index (χ1n) is 7.26. The van der Waals surface area contributed by atoms with Crippen LogP contribution in [0.2, 0.25) is 0 Å². The molecule has 1 atom stereocenters. The molecule has 0 unspecified atom stereocenters. The summed E-state index contributed by atoms with van der Waals surface area (Å²) in [6, 6.07) is 2.77. The van der Waals surface area contributed by atoms with E-state index in [0.29, 0.717) is 19.6 Å². The van der Waals surface area contributed by atoms with Crippen molar-refractivity contribution in [1.29, 1.82) is 0 Å². The molecule has 1 fully saturated rings. The Bertz CT molecular complexity index is 651. The van der Waals surface area contributed by atoms with Crippen LogP contribution in [0.25, 0.3) is 0 Å². The first kappa shape index (κ1) is 20.0. The van der Waals surface area contributed by atoms with Crippen LogP contribution in [0.4, 0.5) is 0 Å². The molecule has 2 rings (SSSR count). The van der Waals surface area contributed by atoms with Gasteiger partial charge in [0.05, 0.1) is 0 Å². The molecule has 0 bridgehead atoms. The Balaban J connectivity index is 0.00000264. The maximum absolute atomic E-state index is 12.4. The number of rotatable bonds is 3. The molecule has 1 aliphatic rings. The maximum atomic E-state index is 12.4. The van der Waals surface area contributed by atoms with Crippen LogP contribution in [-0.4, -0.2) is 50.4 Å². The van der Waals surface area contributed by atoms with Crippen LogP contribution in [0.5, 0.6) is 0 Å². The van der Waals surface area contributed by atoms with Gasteiger partial charge in [-0.05, 0) is 39.8 Å². The van der Waals surface area contributed by atoms with Gasteiger partial charge >= 0.3 is 0 Å². The highest BCUT2D eigenvalue weighted by Gasteiger charge is 2.29. The summed E-state index contributed by atoms with van der Waals surface area (Å²) in [7, 11) is -3.77. The molecule has 132 valence electrons. The lowest BCUT2D eigenvalue weighted by molar-refractivity contribution is 0.0617. The first-order valence-corrected chi connectivity index (χ1v) is 8.74. The van der Waals surface area contributed by atoms with Gasteiger partial charge in [-0.3, -0.25) is 4.79 Å². The lowest BCUT2D eigenvalue weighted by Gasteiger charge is -2.33. The molecule has 1 aromatic rings. The Morgan fingerprint density at radius 1 is 1.39 bits per heavy atom. The van der Waals surface area contributed by atoms with Crippen molar-refractivity contribution in [3.05, 3.63) is 17.9 Å². The van der Waals surface area contributed by atoms with E-state index in [1.54, 1.807) is 25.7 Å². The van der Waals surface area contributed by atoms with E-state index >= 15 is 0 Å². The quantitative estimate of drug-likeness (QED) is 0.840. The highest BCUT2D eigenvalue weighted by molar-refractivity contribution is 7.89. The van der Waals surface area contributed by atoms with Crippen LogP contribution >= 0.6 is 12.4 Å². The number of carbonyl (C=O) groups is 1. The standard InChI is InChI=1S/C14H23N3O4S.ClH/c1-10-9-15-7-8-17(10)13(18)11-5-6-12(21-11)22(19,20)16-14(2,3)4;/h5-6,10,15-16H,7-9H2,1-4H3;1H/t10-;/m1./s1. The maximum Gasteiger partial charge on any atom is 0.289 e. The summed E-state index contributed by atoms with van der Waals surface area (Å²) in [4.78, 5) is 14.1. The molecular weight excluding hydrogens is 342 g/mol. The predicted molar refractivity (Wildman–Crippen MR) is 89.4 cm³/mol. The molecule has 2 N–H and O–H groups in total. The fraction of sp³-hybridized carbons (Fsp3) is 0.643. The van der Waals surface area contributed by atoms with Crippen molar-refractivity contribution in [1.82, 2.24) is 14.9 Å². The van der Waals surface area contributed by atoms with Gasteiger partial charge in [-0.25, -0.2) is 13.1 Å². The molecule has 2 heterocycles. The third kappa shape index (κ3) is 4.94. The second-order valence-electron chi connectivity index (χ2n) is 6.53. The van der Waals surface area contributed by atoms with Crippen molar-refractivity contribution in [3.63, 3.8) is 0 Å². The number of amides is 1. The van der Waals surface area contributed by atoms with E-state index in [1.165, 1.54) is 12.1 Å². The molecule has 0 aliphatic carbocycles. The van der Waals surface area contributed by atoms with E-state index in [2.05, 4.69) is 10.0 Å². The molecule has 23 heavy (non-hydrogen) atoms. The summed E-state index contributed by atoms with van der Waals surface area (Å²) in [5.41, 5.74) is -0.622. The second kappa shape index (κ2) is 7.21. The van der Waals surface area contributed by atoms with Gasteiger partial charge in [0.2, 0.25) is 5.09 Å². The normalized spacial score (nSPS) is 19.3. The van der Waals surface area contributed by atoms with Crippen molar-refractivity contribution in [2.45, 2.75) is 44.4 Å². The molecular formula is C14H24ClN3O4S. The average Bonchev–Trinajstić information content (AvgIpc) is 2.86. The van der Waals surface area contributed by atoms with E-state index in [0.717, 1.165) is 0 Å². The summed E-state index contributed by atoms with van der Waals surface area (Å²) in [5.74, 6) is -0.241. The summed E-state index contributed by atoms with van der Waals surface area (Å²) in [6.45, 7) is 9.15. The molecule has 0 spiro atoms. The Labute approximate surface area is 143 Å². The smallest absolute Gasteiger partial charge is 0.289 e. The number of hydrogen-bond acceptors (Lipinski definition) is 5. The zero-order valence-electron chi connectivity index (χ0n) is 13.8. The Morgan fingerprint density at radius 2 is 2.04 bits per heavy atom. The number of nitrogens with one attached hydrogen (secondary N) is 2. The van der Waals surface area contributed by atoms with Gasteiger partial charge in [0.25, 0.3) is 15.9 Å². The minimum atomic E-state index is -3.77. The first-order chi connectivity index (χ1) is 10.1.